The Kier molecular flexibility index (Phi) is 3.69. The number of benzene rings is 2. The van der Waals surface area contributed by atoms with Gasteiger partial charge in [0.2, 0.25) is 0 Å². The molecule has 4 rings (SSSR count). The van der Waals surface area contributed by atoms with Crippen molar-refractivity contribution in [3.63, 3.8) is 0 Å². The number of hydrogen-bond donors (Lipinski definition) is 0. The molecule has 0 aliphatic heterocycles. The molecule has 0 unspecified atom stereocenters. The third-order valence-electron chi connectivity index (χ3n) is 5.38. The number of para-hydroxylation sites is 1. The third kappa shape index (κ3) is 2.11. The topological polar surface area (TPSA) is 104 Å². The Hall–Kier alpha value is -3.35. The predicted molar refractivity (Wildman–Crippen MR) is 93.5 cm³/mol. The maximum absolute atomic E-state index is 13.2. The summed E-state index contributed by atoms with van der Waals surface area (Å²) in [4.78, 5) is 49.8. The van der Waals surface area contributed by atoms with Crippen LogP contribution < -0.4 is 0 Å². The number of ether oxygens (including phenoxy) is 1. The highest BCUT2D eigenvalue weighted by Gasteiger charge is 2.80. The van der Waals surface area contributed by atoms with Gasteiger partial charge in [-0.25, -0.2) is 0 Å². The Morgan fingerprint density at radius 2 is 1.63 bits per heavy atom. The van der Waals surface area contributed by atoms with E-state index < -0.39 is 39.7 Å². The lowest BCUT2D eigenvalue weighted by atomic mass is 9.92. The van der Waals surface area contributed by atoms with Gasteiger partial charge < -0.3 is 4.74 Å². The quantitative estimate of drug-likeness (QED) is 0.357. The van der Waals surface area contributed by atoms with Crippen molar-refractivity contribution in [2.45, 2.75) is 12.8 Å². The Morgan fingerprint density at radius 3 is 2.19 bits per heavy atom. The Bertz CT molecular complexity index is 976. The van der Waals surface area contributed by atoms with Crippen molar-refractivity contribution in [1.82, 2.24) is 0 Å². The molecule has 1 spiro atoms. The van der Waals surface area contributed by atoms with Gasteiger partial charge in [-0.2, -0.15) is 0 Å². The first kappa shape index (κ1) is 17.1. The zero-order valence-electron chi connectivity index (χ0n) is 14.4. The molecule has 2 aliphatic rings. The van der Waals surface area contributed by atoms with Crippen LogP contribution in [0.1, 0.15) is 39.1 Å². The minimum absolute atomic E-state index is 0.0876. The van der Waals surface area contributed by atoms with Gasteiger partial charge in [0.05, 0.1) is 17.4 Å². The first-order valence-corrected chi connectivity index (χ1v) is 8.54. The van der Waals surface area contributed by atoms with Crippen molar-refractivity contribution in [2.24, 2.45) is 11.3 Å². The predicted octanol–water partition coefficient (Wildman–Crippen LogP) is 2.94. The van der Waals surface area contributed by atoms with E-state index in [-0.39, 0.29) is 29.0 Å². The zero-order chi connectivity index (χ0) is 19.3. The first-order chi connectivity index (χ1) is 13.0. The van der Waals surface area contributed by atoms with Gasteiger partial charge in [0.25, 0.3) is 5.69 Å². The second-order valence-electron chi connectivity index (χ2n) is 6.60. The number of ketones is 2. The lowest BCUT2D eigenvalue weighted by Crippen LogP contribution is -2.24. The van der Waals surface area contributed by atoms with Gasteiger partial charge in [0.1, 0.15) is 5.41 Å². The summed E-state index contributed by atoms with van der Waals surface area (Å²) >= 11 is 0. The Labute approximate surface area is 154 Å². The van der Waals surface area contributed by atoms with Crippen molar-refractivity contribution in [3.8, 4) is 0 Å². The monoisotopic (exact) mass is 365 g/mol. The molecule has 7 nitrogen and oxygen atoms in total. The van der Waals surface area contributed by atoms with Crippen LogP contribution >= 0.6 is 0 Å². The molecule has 0 radical (unpaired) electrons. The maximum atomic E-state index is 13.2. The van der Waals surface area contributed by atoms with E-state index in [1.807, 2.05) is 0 Å². The molecular weight excluding hydrogens is 350 g/mol. The van der Waals surface area contributed by atoms with Crippen molar-refractivity contribution in [2.75, 3.05) is 6.61 Å². The molecule has 2 atom stereocenters. The normalized spacial score (nSPS) is 21.8. The molecule has 0 saturated heterocycles. The molecule has 27 heavy (non-hydrogen) atoms. The molecule has 0 N–H and O–H groups in total. The van der Waals surface area contributed by atoms with E-state index in [2.05, 4.69) is 0 Å². The molecule has 1 fully saturated rings. The third-order valence-corrected chi connectivity index (χ3v) is 5.38. The average molecular weight is 365 g/mol. The van der Waals surface area contributed by atoms with Gasteiger partial charge in [0, 0.05) is 28.7 Å². The summed E-state index contributed by atoms with van der Waals surface area (Å²) in [6, 6.07) is 12.3. The van der Waals surface area contributed by atoms with Crippen LogP contribution in [0.4, 0.5) is 5.69 Å². The number of rotatable bonds is 4. The van der Waals surface area contributed by atoms with Crippen LogP contribution in [0.25, 0.3) is 0 Å². The number of hydrogen-bond acceptors (Lipinski definition) is 6. The van der Waals surface area contributed by atoms with E-state index in [1.54, 1.807) is 37.3 Å². The number of nitro benzene ring substituents is 1. The lowest BCUT2D eigenvalue weighted by molar-refractivity contribution is -0.385. The van der Waals surface area contributed by atoms with Crippen molar-refractivity contribution < 1.29 is 24.0 Å². The Morgan fingerprint density at radius 1 is 1.07 bits per heavy atom. The number of nitrogens with zero attached hydrogens (tertiary/aromatic N) is 1. The smallest absolute Gasteiger partial charge is 0.311 e. The summed E-state index contributed by atoms with van der Waals surface area (Å²) < 4.78 is 5.09. The molecule has 2 aliphatic carbocycles. The van der Waals surface area contributed by atoms with E-state index in [1.165, 1.54) is 18.2 Å². The average Bonchev–Trinajstić information content (AvgIpc) is 3.32. The SMILES string of the molecule is CCOC(=O)[C@H]1[C@H](c2ccccc2[N+](=O)[O-])C12C(=O)c1ccccc1C2=O. The summed E-state index contributed by atoms with van der Waals surface area (Å²) in [6.07, 6.45) is 0. The largest absolute Gasteiger partial charge is 0.466 e. The molecule has 0 heterocycles. The number of carbonyl (C=O) groups is 3. The van der Waals surface area contributed by atoms with E-state index in [0.717, 1.165) is 0 Å². The molecule has 1 saturated carbocycles. The van der Waals surface area contributed by atoms with E-state index >= 15 is 0 Å². The molecule has 0 aromatic heterocycles. The zero-order valence-corrected chi connectivity index (χ0v) is 14.4. The van der Waals surface area contributed by atoms with Gasteiger partial charge in [-0.05, 0) is 6.92 Å². The number of esters is 1. The summed E-state index contributed by atoms with van der Waals surface area (Å²) in [6.45, 7) is 1.71. The van der Waals surface area contributed by atoms with Crippen LogP contribution in [0.3, 0.4) is 0 Å². The standard InChI is InChI=1S/C20H15NO6/c1-2-27-19(24)16-15(13-9-5-6-10-14(13)21(25)26)20(16)17(22)11-7-3-4-8-12(11)18(20)23/h3-10,15-16H,2H2,1H3/t15-,16+/m0/s1. The van der Waals surface area contributed by atoms with E-state index in [4.69, 9.17) is 4.74 Å². The fraction of sp³-hybridized carbons (Fsp3) is 0.250. The van der Waals surface area contributed by atoms with Crippen LogP contribution in [-0.4, -0.2) is 29.1 Å². The van der Waals surface area contributed by atoms with Crippen molar-refractivity contribution in [1.29, 1.82) is 0 Å². The van der Waals surface area contributed by atoms with Crippen molar-refractivity contribution in [3.05, 3.63) is 75.3 Å². The summed E-state index contributed by atoms with van der Waals surface area (Å²) in [7, 11) is 0. The van der Waals surface area contributed by atoms with Crippen LogP contribution in [0, 0.1) is 21.4 Å². The van der Waals surface area contributed by atoms with E-state index in [9.17, 15) is 24.5 Å². The lowest BCUT2D eigenvalue weighted by Gasteiger charge is -2.07. The van der Waals surface area contributed by atoms with Crippen molar-refractivity contribution >= 4 is 23.2 Å². The molecule has 2 aromatic carbocycles. The molecule has 136 valence electrons. The number of carbonyl (C=O) groups excluding carboxylic acids is 3. The van der Waals surface area contributed by atoms with Gasteiger partial charge in [-0.1, -0.05) is 42.5 Å². The maximum Gasteiger partial charge on any atom is 0.311 e. The van der Waals surface area contributed by atoms with Crippen LogP contribution in [0.15, 0.2) is 48.5 Å². The molecule has 2 aromatic rings. The molecular formula is C20H15NO6. The van der Waals surface area contributed by atoms with Crippen LogP contribution in [0.2, 0.25) is 0 Å². The highest BCUT2D eigenvalue weighted by Crippen LogP contribution is 2.71. The summed E-state index contributed by atoms with van der Waals surface area (Å²) in [5.74, 6) is -3.60. The Balaban J connectivity index is 1.90. The molecule has 7 heteroatoms. The van der Waals surface area contributed by atoms with Gasteiger partial charge in [0.15, 0.2) is 11.6 Å². The molecule has 0 amide bonds. The summed E-state index contributed by atoms with van der Waals surface area (Å²) in [5, 5.41) is 11.5. The molecule has 0 bridgehead atoms. The minimum atomic E-state index is -1.65. The number of nitro groups is 1. The highest BCUT2D eigenvalue weighted by atomic mass is 16.6. The second kappa shape index (κ2) is 5.84. The van der Waals surface area contributed by atoms with Crippen LogP contribution in [-0.2, 0) is 9.53 Å². The first-order valence-electron chi connectivity index (χ1n) is 8.54. The summed E-state index contributed by atoms with van der Waals surface area (Å²) in [5.41, 5.74) is -1.17. The van der Waals surface area contributed by atoms with Gasteiger partial charge >= 0.3 is 5.97 Å². The van der Waals surface area contributed by atoms with E-state index in [0.29, 0.717) is 0 Å². The van der Waals surface area contributed by atoms with Gasteiger partial charge in [-0.15, -0.1) is 0 Å². The second-order valence-corrected chi connectivity index (χ2v) is 6.60. The minimum Gasteiger partial charge on any atom is -0.466 e. The van der Waals surface area contributed by atoms with Crippen LogP contribution in [0.5, 0.6) is 0 Å². The fourth-order valence-corrected chi connectivity index (χ4v) is 4.28. The highest BCUT2D eigenvalue weighted by molar-refractivity contribution is 6.34. The fourth-order valence-electron chi connectivity index (χ4n) is 4.28. The van der Waals surface area contributed by atoms with Gasteiger partial charge in [-0.3, -0.25) is 24.5 Å². The number of Topliss-reactive ketones (excluding diaryl/α,β-unsaturated/α-hetero) is 2. The number of fused-ring (bicyclic) bond motifs is 1.